The molecule has 2 aromatic carbocycles. The van der Waals surface area contributed by atoms with E-state index < -0.39 is 0 Å². The number of nitrogens with zero attached hydrogens (tertiary/aromatic N) is 2. The lowest BCUT2D eigenvalue weighted by atomic mass is 9.77. The minimum absolute atomic E-state index is 0.00401. The number of carbonyl (C=O) groups is 1. The minimum Gasteiger partial charge on any atom is -0.497 e. The van der Waals surface area contributed by atoms with Crippen molar-refractivity contribution in [1.82, 2.24) is 15.1 Å². The SMILES string of the molecule is COc1ccc(OC)c(C(=O)N2CCC3(CC2)CCN(C(=S)NC(C)c2ccccc2)C3)c1. The summed E-state index contributed by atoms with van der Waals surface area (Å²) in [7, 11) is 3.19. The van der Waals surface area contributed by atoms with Crippen LogP contribution in [0.3, 0.4) is 0 Å². The zero-order valence-corrected chi connectivity index (χ0v) is 20.5. The maximum atomic E-state index is 13.2. The van der Waals surface area contributed by atoms with Gasteiger partial charge in [-0.2, -0.15) is 0 Å². The summed E-state index contributed by atoms with van der Waals surface area (Å²) in [6.07, 6.45) is 3.08. The van der Waals surface area contributed by atoms with E-state index in [0.717, 1.165) is 50.6 Å². The predicted octanol–water partition coefficient (Wildman–Crippen LogP) is 4.27. The van der Waals surface area contributed by atoms with Crippen LogP contribution in [0.5, 0.6) is 11.5 Å². The fourth-order valence-corrected chi connectivity index (χ4v) is 5.29. The summed E-state index contributed by atoms with van der Waals surface area (Å²) in [5, 5.41) is 4.32. The van der Waals surface area contributed by atoms with E-state index in [1.165, 1.54) is 5.56 Å². The molecule has 2 fully saturated rings. The number of methoxy groups -OCH3 is 2. The molecule has 33 heavy (non-hydrogen) atoms. The first-order chi connectivity index (χ1) is 15.9. The highest BCUT2D eigenvalue weighted by Crippen LogP contribution is 2.41. The fraction of sp³-hybridized carbons (Fsp3) is 0.462. The third-order valence-electron chi connectivity index (χ3n) is 7.11. The molecule has 0 bridgehead atoms. The van der Waals surface area contributed by atoms with Crippen molar-refractivity contribution in [1.29, 1.82) is 0 Å². The number of likely N-dealkylation sites (tertiary alicyclic amines) is 2. The number of piperidine rings is 1. The van der Waals surface area contributed by atoms with Crippen LogP contribution in [0.2, 0.25) is 0 Å². The maximum absolute atomic E-state index is 13.2. The Morgan fingerprint density at radius 1 is 1.00 bits per heavy atom. The van der Waals surface area contributed by atoms with E-state index in [0.29, 0.717) is 17.1 Å². The molecule has 2 aromatic rings. The van der Waals surface area contributed by atoms with E-state index in [1.807, 2.05) is 17.0 Å². The molecule has 4 rings (SSSR count). The summed E-state index contributed by atoms with van der Waals surface area (Å²) >= 11 is 5.75. The van der Waals surface area contributed by atoms with Crippen molar-refractivity contribution in [3.63, 3.8) is 0 Å². The highest BCUT2D eigenvalue weighted by atomic mass is 32.1. The Morgan fingerprint density at radius 3 is 2.30 bits per heavy atom. The molecule has 0 aliphatic carbocycles. The number of hydrogen-bond donors (Lipinski definition) is 1. The molecule has 176 valence electrons. The van der Waals surface area contributed by atoms with Crippen LogP contribution >= 0.6 is 12.2 Å². The van der Waals surface area contributed by atoms with Gasteiger partial charge in [-0.05, 0) is 67.6 Å². The lowest BCUT2D eigenvalue weighted by molar-refractivity contribution is 0.0595. The van der Waals surface area contributed by atoms with Gasteiger partial charge in [-0.25, -0.2) is 0 Å². The number of hydrogen-bond acceptors (Lipinski definition) is 4. The summed E-state index contributed by atoms with van der Waals surface area (Å²) in [5.41, 5.74) is 2.01. The first kappa shape index (κ1) is 23.4. The Labute approximate surface area is 201 Å². The molecule has 6 nitrogen and oxygen atoms in total. The number of carbonyl (C=O) groups excluding carboxylic acids is 1. The molecule has 1 N–H and O–H groups in total. The van der Waals surface area contributed by atoms with Gasteiger partial charge in [0.15, 0.2) is 5.11 Å². The van der Waals surface area contributed by atoms with E-state index in [-0.39, 0.29) is 17.4 Å². The van der Waals surface area contributed by atoms with Gasteiger partial charge in [-0.15, -0.1) is 0 Å². The molecular weight excluding hydrogens is 434 g/mol. The van der Waals surface area contributed by atoms with Gasteiger partial charge in [-0.3, -0.25) is 4.79 Å². The monoisotopic (exact) mass is 467 g/mol. The largest absolute Gasteiger partial charge is 0.497 e. The number of nitrogens with one attached hydrogen (secondary N) is 1. The first-order valence-corrected chi connectivity index (χ1v) is 12.0. The molecule has 1 amide bonds. The Morgan fingerprint density at radius 2 is 1.67 bits per heavy atom. The molecule has 2 aliphatic heterocycles. The molecule has 0 saturated carbocycles. The fourth-order valence-electron chi connectivity index (χ4n) is 4.95. The third kappa shape index (κ3) is 5.08. The van der Waals surface area contributed by atoms with Crippen molar-refractivity contribution in [2.45, 2.75) is 32.2 Å². The highest BCUT2D eigenvalue weighted by molar-refractivity contribution is 7.80. The summed E-state index contributed by atoms with van der Waals surface area (Å²) < 4.78 is 10.7. The average Bonchev–Trinajstić information content (AvgIpc) is 3.27. The second kappa shape index (κ2) is 10.00. The Hall–Kier alpha value is -2.80. The van der Waals surface area contributed by atoms with Crippen molar-refractivity contribution in [3.8, 4) is 11.5 Å². The number of amides is 1. The molecule has 2 aliphatic rings. The lowest BCUT2D eigenvalue weighted by Gasteiger charge is -2.39. The van der Waals surface area contributed by atoms with Crippen LogP contribution in [0, 0.1) is 5.41 Å². The maximum Gasteiger partial charge on any atom is 0.257 e. The number of thiocarbonyl (C=S) groups is 1. The van der Waals surface area contributed by atoms with Crippen molar-refractivity contribution >= 4 is 23.2 Å². The molecule has 2 heterocycles. The summed E-state index contributed by atoms with van der Waals surface area (Å²) in [5.74, 6) is 1.24. The van der Waals surface area contributed by atoms with Crippen LogP contribution in [0.4, 0.5) is 0 Å². The van der Waals surface area contributed by atoms with Crippen LogP contribution in [-0.4, -0.2) is 61.2 Å². The molecule has 1 unspecified atom stereocenters. The molecule has 1 spiro atoms. The number of rotatable bonds is 5. The van der Waals surface area contributed by atoms with Crippen molar-refractivity contribution in [2.24, 2.45) is 5.41 Å². The summed E-state index contributed by atoms with van der Waals surface area (Å²) in [4.78, 5) is 17.5. The zero-order chi connectivity index (χ0) is 23.4. The summed E-state index contributed by atoms with van der Waals surface area (Å²) in [6, 6.07) is 15.9. The van der Waals surface area contributed by atoms with Gasteiger partial charge >= 0.3 is 0 Å². The van der Waals surface area contributed by atoms with Crippen LogP contribution in [-0.2, 0) is 0 Å². The van der Waals surface area contributed by atoms with Gasteiger partial charge in [0.05, 0.1) is 25.8 Å². The Bertz CT molecular complexity index is 990. The van der Waals surface area contributed by atoms with E-state index in [4.69, 9.17) is 21.7 Å². The van der Waals surface area contributed by atoms with Gasteiger partial charge in [0.2, 0.25) is 0 Å². The number of benzene rings is 2. The highest BCUT2D eigenvalue weighted by Gasteiger charge is 2.42. The number of ether oxygens (including phenoxy) is 2. The lowest BCUT2D eigenvalue weighted by Crippen LogP contribution is -2.46. The topological polar surface area (TPSA) is 54.0 Å². The molecular formula is C26H33N3O3S. The van der Waals surface area contributed by atoms with Crippen molar-refractivity contribution in [2.75, 3.05) is 40.4 Å². The zero-order valence-electron chi connectivity index (χ0n) is 19.7. The summed E-state index contributed by atoms with van der Waals surface area (Å²) in [6.45, 7) is 5.54. The molecule has 7 heteroatoms. The van der Waals surface area contributed by atoms with Gasteiger partial charge in [0, 0.05) is 26.2 Å². The van der Waals surface area contributed by atoms with E-state index in [2.05, 4.69) is 41.4 Å². The van der Waals surface area contributed by atoms with Crippen molar-refractivity contribution < 1.29 is 14.3 Å². The second-order valence-electron chi connectivity index (χ2n) is 9.11. The van der Waals surface area contributed by atoms with Crippen molar-refractivity contribution in [3.05, 3.63) is 59.7 Å². The second-order valence-corrected chi connectivity index (χ2v) is 9.50. The smallest absolute Gasteiger partial charge is 0.257 e. The van der Waals surface area contributed by atoms with Gasteiger partial charge in [-0.1, -0.05) is 30.3 Å². The minimum atomic E-state index is 0.00401. The predicted molar refractivity (Wildman–Crippen MR) is 134 cm³/mol. The van der Waals surface area contributed by atoms with E-state index in [1.54, 1.807) is 26.4 Å². The normalized spacial score (nSPS) is 18.2. The van der Waals surface area contributed by atoms with Gasteiger partial charge in [0.1, 0.15) is 11.5 Å². The quantitative estimate of drug-likeness (QED) is 0.663. The average molecular weight is 468 g/mol. The Kier molecular flexibility index (Phi) is 7.08. The molecule has 0 radical (unpaired) electrons. The third-order valence-corrected chi connectivity index (χ3v) is 7.49. The molecule has 2 saturated heterocycles. The van der Waals surface area contributed by atoms with E-state index in [9.17, 15) is 4.79 Å². The van der Waals surface area contributed by atoms with Crippen LogP contribution in [0.25, 0.3) is 0 Å². The molecule has 0 aromatic heterocycles. The standard InChI is InChI=1S/C26H33N3O3S/c1-19(20-7-5-4-6-8-20)27-25(33)29-16-13-26(18-29)11-14-28(15-12-26)24(30)22-17-21(31-2)9-10-23(22)32-3/h4-10,17,19H,11-16,18H2,1-3H3,(H,27,33). The Balaban J connectivity index is 1.34. The van der Waals surface area contributed by atoms with Gasteiger partial charge in [0.25, 0.3) is 5.91 Å². The van der Waals surface area contributed by atoms with Crippen LogP contribution in [0.1, 0.15) is 48.1 Å². The van der Waals surface area contributed by atoms with Gasteiger partial charge < -0.3 is 24.6 Å². The molecule has 1 atom stereocenters. The van der Waals surface area contributed by atoms with Crippen LogP contribution < -0.4 is 14.8 Å². The first-order valence-electron chi connectivity index (χ1n) is 11.6. The van der Waals surface area contributed by atoms with E-state index >= 15 is 0 Å². The van der Waals surface area contributed by atoms with Crippen LogP contribution in [0.15, 0.2) is 48.5 Å².